The fraction of sp³-hybridized carbons (Fsp3) is 0.625. The highest BCUT2D eigenvalue weighted by molar-refractivity contribution is 5.74. The van der Waals surface area contributed by atoms with Crippen LogP contribution in [0.3, 0.4) is 0 Å². The third-order valence-electron chi connectivity index (χ3n) is 4.00. The van der Waals surface area contributed by atoms with Crippen molar-refractivity contribution >= 4 is 11.8 Å². The van der Waals surface area contributed by atoms with Crippen LogP contribution in [-0.2, 0) is 6.54 Å². The molecule has 1 saturated heterocycles. The van der Waals surface area contributed by atoms with Gasteiger partial charge in [0.15, 0.2) is 0 Å². The number of amides is 2. The van der Waals surface area contributed by atoms with E-state index in [2.05, 4.69) is 20.5 Å². The van der Waals surface area contributed by atoms with Gasteiger partial charge in [0.25, 0.3) is 0 Å². The molecule has 2 rings (SSSR count). The Bertz CT molecular complexity index is 475. The Morgan fingerprint density at radius 2 is 2.23 bits per heavy atom. The van der Waals surface area contributed by atoms with E-state index < -0.39 is 0 Å². The molecule has 1 fully saturated rings. The van der Waals surface area contributed by atoms with E-state index in [1.54, 1.807) is 6.20 Å². The Labute approximate surface area is 131 Å². The molecule has 2 heterocycles. The van der Waals surface area contributed by atoms with Crippen molar-refractivity contribution in [3.63, 3.8) is 0 Å². The molecule has 1 aliphatic rings. The first-order chi connectivity index (χ1) is 10.7. The molecule has 0 aromatic carbocycles. The fourth-order valence-corrected chi connectivity index (χ4v) is 2.64. The van der Waals surface area contributed by atoms with Crippen LogP contribution in [0.2, 0.25) is 0 Å². The van der Waals surface area contributed by atoms with Gasteiger partial charge in [0.1, 0.15) is 5.82 Å². The van der Waals surface area contributed by atoms with E-state index in [4.69, 9.17) is 5.11 Å². The molecule has 1 aromatic rings. The lowest BCUT2D eigenvalue weighted by Gasteiger charge is -2.18. The average Bonchev–Trinajstić information content (AvgIpc) is 3.07. The molecule has 0 spiro atoms. The molecular weight excluding hydrogens is 280 g/mol. The highest BCUT2D eigenvalue weighted by Crippen LogP contribution is 2.18. The van der Waals surface area contributed by atoms with Crippen molar-refractivity contribution in [2.75, 3.05) is 24.6 Å². The van der Waals surface area contributed by atoms with E-state index in [1.165, 1.54) is 12.8 Å². The van der Waals surface area contributed by atoms with Gasteiger partial charge < -0.3 is 20.6 Å². The maximum atomic E-state index is 11.9. The second-order valence-electron chi connectivity index (χ2n) is 5.66. The summed E-state index contributed by atoms with van der Waals surface area (Å²) in [6.07, 6.45) is 5.62. The molecule has 122 valence electrons. The Hall–Kier alpha value is -1.82. The van der Waals surface area contributed by atoms with E-state index in [1.807, 2.05) is 19.1 Å². The van der Waals surface area contributed by atoms with E-state index in [-0.39, 0.29) is 18.7 Å². The molecule has 2 amide bonds. The molecule has 0 aliphatic carbocycles. The number of urea groups is 1. The normalized spacial score (nSPS) is 15.6. The standard InChI is InChI=1S/C16H26N4O2/c1-2-14(6-10-21)19-16(22)18-12-13-5-7-17-15(11-13)20-8-3-4-9-20/h5,7,11,14,21H,2-4,6,8-10,12H2,1H3,(H2,18,19,22). The van der Waals surface area contributed by atoms with Crippen LogP contribution in [0.1, 0.15) is 38.2 Å². The molecule has 1 unspecified atom stereocenters. The van der Waals surface area contributed by atoms with E-state index >= 15 is 0 Å². The Balaban J connectivity index is 1.83. The maximum Gasteiger partial charge on any atom is 0.315 e. The molecule has 1 aromatic heterocycles. The van der Waals surface area contributed by atoms with Crippen LogP contribution in [0.4, 0.5) is 10.6 Å². The molecule has 0 bridgehead atoms. The second-order valence-corrected chi connectivity index (χ2v) is 5.66. The molecule has 6 heteroatoms. The number of anilines is 1. The van der Waals surface area contributed by atoms with Crippen molar-refractivity contribution in [2.45, 2.75) is 45.2 Å². The SMILES string of the molecule is CCC(CCO)NC(=O)NCc1ccnc(N2CCCC2)c1. The zero-order valence-electron chi connectivity index (χ0n) is 13.2. The minimum absolute atomic E-state index is 0.0163. The minimum atomic E-state index is -0.195. The van der Waals surface area contributed by atoms with E-state index in [0.717, 1.165) is 30.9 Å². The van der Waals surface area contributed by atoms with Crippen molar-refractivity contribution in [2.24, 2.45) is 0 Å². The number of pyridine rings is 1. The summed E-state index contributed by atoms with van der Waals surface area (Å²) in [5.41, 5.74) is 1.04. The largest absolute Gasteiger partial charge is 0.396 e. The van der Waals surface area contributed by atoms with Gasteiger partial charge in [-0.2, -0.15) is 0 Å². The van der Waals surface area contributed by atoms with Crippen molar-refractivity contribution < 1.29 is 9.90 Å². The monoisotopic (exact) mass is 306 g/mol. The number of aliphatic hydroxyl groups excluding tert-OH is 1. The summed E-state index contributed by atoms with van der Waals surface area (Å²) in [5, 5.41) is 14.7. The highest BCUT2D eigenvalue weighted by atomic mass is 16.3. The summed E-state index contributed by atoms with van der Waals surface area (Å²) in [5.74, 6) is 0.990. The van der Waals surface area contributed by atoms with Crippen LogP contribution >= 0.6 is 0 Å². The molecule has 1 atom stereocenters. The van der Waals surface area contributed by atoms with Gasteiger partial charge in [-0.15, -0.1) is 0 Å². The maximum absolute atomic E-state index is 11.9. The van der Waals surface area contributed by atoms with Crippen molar-refractivity contribution in [3.8, 4) is 0 Å². The summed E-state index contributed by atoms with van der Waals surface area (Å²) in [4.78, 5) is 18.6. The summed E-state index contributed by atoms with van der Waals surface area (Å²) < 4.78 is 0. The van der Waals surface area contributed by atoms with E-state index in [0.29, 0.717) is 13.0 Å². The van der Waals surface area contributed by atoms with Crippen LogP contribution in [0.15, 0.2) is 18.3 Å². The lowest BCUT2D eigenvalue weighted by molar-refractivity contribution is 0.227. The van der Waals surface area contributed by atoms with Crippen molar-refractivity contribution in [1.82, 2.24) is 15.6 Å². The fourth-order valence-electron chi connectivity index (χ4n) is 2.64. The van der Waals surface area contributed by atoms with Gasteiger partial charge in [0.05, 0.1) is 0 Å². The van der Waals surface area contributed by atoms with Gasteiger partial charge in [-0.1, -0.05) is 6.92 Å². The minimum Gasteiger partial charge on any atom is -0.396 e. The van der Waals surface area contributed by atoms with Gasteiger partial charge >= 0.3 is 6.03 Å². The lowest BCUT2D eigenvalue weighted by Crippen LogP contribution is -2.41. The summed E-state index contributed by atoms with van der Waals surface area (Å²) >= 11 is 0. The van der Waals surface area contributed by atoms with Crippen LogP contribution < -0.4 is 15.5 Å². The Morgan fingerprint density at radius 3 is 2.91 bits per heavy atom. The number of aliphatic hydroxyl groups is 1. The first-order valence-electron chi connectivity index (χ1n) is 8.08. The van der Waals surface area contributed by atoms with Crippen LogP contribution in [0, 0.1) is 0 Å². The molecule has 1 aliphatic heterocycles. The first kappa shape index (κ1) is 16.5. The van der Waals surface area contributed by atoms with Crippen molar-refractivity contribution in [1.29, 1.82) is 0 Å². The Morgan fingerprint density at radius 1 is 1.45 bits per heavy atom. The molecule has 0 saturated carbocycles. The number of nitrogens with zero attached hydrogens (tertiary/aromatic N) is 2. The Kier molecular flexibility index (Phi) is 6.45. The number of hydrogen-bond acceptors (Lipinski definition) is 4. The van der Waals surface area contributed by atoms with Gasteiger partial charge in [0, 0.05) is 38.5 Å². The topological polar surface area (TPSA) is 77.5 Å². The van der Waals surface area contributed by atoms with Crippen LogP contribution in [0.25, 0.3) is 0 Å². The zero-order chi connectivity index (χ0) is 15.8. The number of carbonyl (C=O) groups excluding carboxylic acids is 1. The zero-order valence-corrected chi connectivity index (χ0v) is 13.2. The second kappa shape index (κ2) is 8.58. The quantitative estimate of drug-likeness (QED) is 0.716. The molecule has 22 heavy (non-hydrogen) atoms. The number of aromatic nitrogens is 1. The molecule has 6 nitrogen and oxygen atoms in total. The van der Waals surface area contributed by atoms with E-state index in [9.17, 15) is 4.79 Å². The number of carbonyl (C=O) groups is 1. The number of nitrogens with one attached hydrogen (secondary N) is 2. The predicted molar refractivity (Wildman–Crippen MR) is 86.8 cm³/mol. The molecule has 3 N–H and O–H groups in total. The number of rotatable bonds is 7. The third kappa shape index (κ3) is 4.87. The summed E-state index contributed by atoms with van der Waals surface area (Å²) in [6.45, 7) is 4.67. The third-order valence-corrected chi connectivity index (χ3v) is 4.00. The number of hydrogen-bond donors (Lipinski definition) is 3. The predicted octanol–water partition coefficient (Wildman–Crippen LogP) is 1.64. The highest BCUT2D eigenvalue weighted by Gasteiger charge is 2.14. The van der Waals surface area contributed by atoms with Crippen molar-refractivity contribution in [3.05, 3.63) is 23.9 Å². The molecule has 0 radical (unpaired) electrons. The van der Waals surface area contributed by atoms with Gasteiger partial charge in [-0.3, -0.25) is 0 Å². The van der Waals surface area contributed by atoms with Crippen LogP contribution in [0.5, 0.6) is 0 Å². The first-order valence-corrected chi connectivity index (χ1v) is 8.08. The average molecular weight is 306 g/mol. The van der Waals surface area contributed by atoms with Gasteiger partial charge in [0.2, 0.25) is 0 Å². The van der Waals surface area contributed by atoms with Gasteiger partial charge in [-0.05, 0) is 43.4 Å². The molecular formula is C16H26N4O2. The van der Waals surface area contributed by atoms with Crippen LogP contribution in [-0.4, -0.2) is 41.9 Å². The van der Waals surface area contributed by atoms with Gasteiger partial charge in [-0.25, -0.2) is 9.78 Å². The summed E-state index contributed by atoms with van der Waals surface area (Å²) in [7, 11) is 0. The smallest absolute Gasteiger partial charge is 0.315 e. The summed E-state index contributed by atoms with van der Waals surface area (Å²) in [6, 6.07) is 3.78. The lowest BCUT2D eigenvalue weighted by atomic mass is 10.2.